The van der Waals surface area contributed by atoms with E-state index in [9.17, 15) is 9.59 Å². The molecule has 2 aromatic heterocycles. The van der Waals surface area contributed by atoms with Crippen molar-refractivity contribution in [2.75, 3.05) is 16.0 Å². The molecule has 0 saturated heterocycles. The van der Waals surface area contributed by atoms with Crippen molar-refractivity contribution >= 4 is 35.0 Å². The van der Waals surface area contributed by atoms with Gasteiger partial charge in [-0.05, 0) is 37.6 Å². The molecule has 1 unspecified atom stereocenters. The maximum Gasteiger partial charge on any atom is 0.237 e. The number of nitrogens with one attached hydrogen (secondary N) is 1. The van der Waals surface area contributed by atoms with Crippen LogP contribution in [0.25, 0.3) is 11.4 Å². The summed E-state index contributed by atoms with van der Waals surface area (Å²) in [5.74, 6) is 0.804. The molecule has 1 aliphatic rings. The quantitative estimate of drug-likeness (QED) is 0.594. The van der Waals surface area contributed by atoms with E-state index in [1.807, 2.05) is 47.9 Å². The normalized spacial score (nSPS) is 15.9. The fourth-order valence-electron chi connectivity index (χ4n) is 3.70. The lowest BCUT2D eigenvalue weighted by atomic mass is 10.2. The second-order valence-corrected chi connectivity index (χ2v) is 8.31. The fraction of sp³-hybridized carbons (Fsp3) is 0.318. The minimum Gasteiger partial charge on any atom is -0.324 e. The van der Waals surface area contributed by atoms with Gasteiger partial charge in [-0.1, -0.05) is 30.8 Å². The topological polar surface area (TPSA) is 93.0 Å². The SMILES string of the molecule is CCCn1c(SCC(=O)N2c3ccccc3NC(=O)CC2C)nnc1-c1ccncc1. The number of amides is 2. The first-order valence-electron chi connectivity index (χ1n) is 10.3. The third kappa shape index (κ3) is 4.46. The van der Waals surface area contributed by atoms with Crippen molar-refractivity contribution in [2.45, 2.75) is 44.4 Å². The molecule has 1 aliphatic heterocycles. The Bertz CT molecular complexity index is 1080. The highest BCUT2D eigenvalue weighted by Crippen LogP contribution is 2.32. The minimum absolute atomic E-state index is 0.0713. The van der Waals surface area contributed by atoms with E-state index < -0.39 is 0 Å². The molecule has 1 N–H and O–H groups in total. The Labute approximate surface area is 185 Å². The van der Waals surface area contributed by atoms with Gasteiger partial charge in [0.15, 0.2) is 11.0 Å². The Kier molecular flexibility index (Phi) is 6.31. The van der Waals surface area contributed by atoms with Crippen molar-refractivity contribution in [1.82, 2.24) is 19.7 Å². The molecule has 9 heteroatoms. The molecule has 4 rings (SSSR count). The Hall–Kier alpha value is -3.20. The molecule has 31 heavy (non-hydrogen) atoms. The van der Waals surface area contributed by atoms with Crippen LogP contribution >= 0.6 is 11.8 Å². The summed E-state index contributed by atoms with van der Waals surface area (Å²) in [6, 6.07) is 11.0. The predicted molar refractivity (Wildman–Crippen MR) is 121 cm³/mol. The minimum atomic E-state index is -0.238. The second-order valence-electron chi connectivity index (χ2n) is 7.36. The number of anilines is 2. The van der Waals surface area contributed by atoms with Crippen molar-refractivity contribution < 1.29 is 9.59 Å². The van der Waals surface area contributed by atoms with Crippen molar-refractivity contribution in [3.05, 3.63) is 48.8 Å². The summed E-state index contributed by atoms with van der Waals surface area (Å²) >= 11 is 1.37. The van der Waals surface area contributed by atoms with Gasteiger partial charge < -0.3 is 14.8 Å². The first-order valence-corrected chi connectivity index (χ1v) is 11.2. The Balaban J connectivity index is 1.56. The summed E-state index contributed by atoms with van der Waals surface area (Å²) in [7, 11) is 0. The average molecular weight is 437 g/mol. The molecule has 0 bridgehead atoms. The zero-order chi connectivity index (χ0) is 21.8. The molecule has 0 aliphatic carbocycles. The smallest absolute Gasteiger partial charge is 0.237 e. The zero-order valence-electron chi connectivity index (χ0n) is 17.5. The maximum atomic E-state index is 13.3. The molecule has 2 amide bonds. The van der Waals surface area contributed by atoms with Gasteiger partial charge in [0.1, 0.15) is 0 Å². The number of nitrogens with zero attached hydrogens (tertiary/aromatic N) is 5. The number of benzene rings is 1. The van der Waals surface area contributed by atoms with Crippen LogP contribution in [-0.4, -0.2) is 43.4 Å². The summed E-state index contributed by atoms with van der Waals surface area (Å²) in [6.45, 7) is 4.74. The lowest BCUT2D eigenvalue weighted by Gasteiger charge is -2.27. The van der Waals surface area contributed by atoms with Crippen LogP contribution in [0.15, 0.2) is 53.9 Å². The third-order valence-electron chi connectivity index (χ3n) is 5.06. The van der Waals surface area contributed by atoms with Gasteiger partial charge in [0.25, 0.3) is 0 Å². The first kappa shape index (κ1) is 21.0. The second kappa shape index (κ2) is 9.30. The maximum absolute atomic E-state index is 13.3. The van der Waals surface area contributed by atoms with Crippen LogP contribution in [0.3, 0.4) is 0 Å². The Morgan fingerprint density at radius 3 is 2.74 bits per heavy atom. The van der Waals surface area contributed by atoms with E-state index >= 15 is 0 Å². The van der Waals surface area contributed by atoms with E-state index in [1.54, 1.807) is 17.3 Å². The highest BCUT2D eigenvalue weighted by molar-refractivity contribution is 7.99. The molecule has 3 heterocycles. The monoisotopic (exact) mass is 436 g/mol. The number of fused-ring (bicyclic) bond motifs is 1. The summed E-state index contributed by atoms with van der Waals surface area (Å²) in [5.41, 5.74) is 2.32. The number of aromatic nitrogens is 4. The highest BCUT2D eigenvalue weighted by Gasteiger charge is 2.29. The molecule has 0 radical (unpaired) electrons. The fourth-order valence-corrected chi connectivity index (χ4v) is 4.52. The van der Waals surface area contributed by atoms with E-state index in [1.165, 1.54) is 11.8 Å². The molecule has 8 nitrogen and oxygen atoms in total. The van der Waals surface area contributed by atoms with Crippen molar-refractivity contribution in [3.63, 3.8) is 0 Å². The summed E-state index contributed by atoms with van der Waals surface area (Å²) in [5, 5.41) is 12.3. The summed E-state index contributed by atoms with van der Waals surface area (Å²) < 4.78 is 2.04. The highest BCUT2D eigenvalue weighted by atomic mass is 32.2. The van der Waals surface area contributed by atoms with Gasteiger partial charge in [0.05, 0.1) is 17.1 Å². The van der Waals surface area contributed by atoms with Gasteiger partial charge >= 0.3 is 0 Å². The largest absolute Gasteiger partial charge is 0.324 e. The van der Waals surface area contributed by atoms with Crippen molar-refractivity contribution in [3.8, 4) is 11.4 Å². The van der Waals surface area contributed by atoms with Crippen molar-refractivity contribution in [1.29, 1.82) is 0 Å². The lowest BCUT2D eigenvalue weighted by Crippen LogP contribution is -2.40. The number of hydrogen-bond acceptors (Lipinski definition) is 6. The van der Waals surface area contributed by atoms with Crippen LogP contribution < -0.4 is 10.2 Å². The van der Waals surface area contributed by atoms with Gasteiger partial charge in [0.2, 0.25) is 11.8 Å². The number of thioether (sulfide) groups is 1. The number of pyridine rings is 1. The summed E-state index contributed by atoms with van der Waals surface area (Å²) in [6.07, 6.45) is 4.62. The third-order valence-corrected chi connectivity index (χ3v) is 6.01. The van der Waals surface area contributed by atoms with E-state index in [2.05, 4.69) is 27.4 Å². The number of hydrogen-bond donors (Lipinski definition) is 1. The van der Waals surface area contributed by atoms with E-state index in [-0.39, 0.29) is 30.0 Å². The molecule has 0 fully saturated rings. The van der Waals surface area contributed by atoms with Gasteiger partial charge in [-0.15, -0.1) is 10.2 Å². The number of rotatable bonds is 6. The van der Waals surface area contributed by atoms with E-state index in [0.29, 0.717) is 10.8 Å². The van der Waals surface area contributed by atoms with Crippen LogP contribution in [0, 0.1) is 0 Å². The predicted octanol–water partition coefficient (Wildman–Crippen LogP) is 3.61. The van der Waals surface area contributed by atoms with Gasteiger partial charge in [0, 0.05) is 37.0 Å². The Morgan fingerprint density at radius 1 is 1.19 bits per heavy atom. The van der Waals surface area contributed by atoms with Crippen molar-refractivity contribution in [2.24, 2.45) is 0 Å². The van der Waals surface area contributed by atoms with Gasteiger partial charge in [-0.3, -0.25) is 14.6 Å². The lowest BCUT2D eigenvalue weighted by molar-refractivity contribution is -0.117. The van der Waals surface area contributed by atoms with Crippen LogP contribution in [0.5, 0.6) is 0 Å². The molecule has 1 atom stereocenters. The number of carbonyl (C=O) groups excluding carboxylic acids is 2. The zero-order valence-corrected chi connectivity index (χ0v) is 18.3. The molecule has 0 spiro atoms. The first-order chi connectivity index (χ1) is 15.1. The number of para-hydroxylation sites is 2. The van der Waals surface area contributed by atoms with Crippen LogP contribution in [-0.2, 0) is 16.1 Å². The Morgan fingerprint density at radius 2 is 1.97 bits per heavy atom. The molecule has 0 saturated carbocycles. The van der Waals surface area contributed by atoms with Crippen LogP contribution in [0.4, 0.5) is 11.4 Å². The molecular formula is C22H24N6O2S. The van der Waals surface area contributed by atoms with Gasteiger partial charge in [-0.2, -0.15) is 0 Å². The molecule has 1 aromatic carbocycles. The van der Waals surface area contributed by atoms with Crippen LogP contribution in [0.2, 0.25) is 0 Å². The standard InChI is InChI=1S/C22H24N6O2S/c1-3-12-27-21(16-8-10-23-11-9-16)25-26-22(27)31-14-20(30)28-15(2)13-19(29)24-17-6-4-5-7-18(17)28/h4-11,15H,3,12-14H2,1-2H3,(H,24,29). The van der Waals surface area contributed by atoms with E-state index in [0.717, 1.165) is 30.0 Å². The van der Waals surface area contributed by atoms with Crippen LogP contribution in [0.1, 0.15) is 26.7 Å². The average Bonchev–Trinajstić information content (AvgIpc) is 3.11. The van der Waals surface area contributed by atoms with Gasteiger partial charge in [-0.25, -0.2) is 0 Å². The van der Waals surface area contributed by atoms with E-state index in [4.69, 9.17) is 0 Å². The number of carbonyl (C=O) groups is 2. The molecular weight excluding hydrogens is 412 g/mol. The molecule has 3 aromatic rings. The molecule has 160 valence electrons. The summed E-state index contributed by atoms with van der Waals surface area (Å²) in [4.78, 5) is 31.2.